The molecule has 2 atom stereocenters. The number of benzene rings is 3. The van der Waals surface area contributed by atoms with Crippen molar-refractivity contribution in [1.29, 1.82) is 0 Å². The van der Waals surface area contributed by atoms with Crippen LogP contribution >= 0.6 is 11.3 Å². The van der Waals surface area contributed by atoms with Gasteiger partial charge in [0.1, 0.15) is 17.5 Å². The molecule has 0 radical (unpaired) electrons. The number of halogens is 6. The first-order valence-electron chi connectivity index (χ1n) is 23.3. The van der Waals surface area contributed by atoms with E-state index in [1.54, 1.807) is 21.1 Å². The summed E-state index contributed by atoms with van der Waals surface area (Å²) in [6.45, 7) is 6.13. The molecule has 2 unspecified atom stereocenters. The van der Waals surface area contributed by atoms with E-state index in [2.05, 4.69) is 14.8 Å². The Morgan fingerprint density at radius 2 is 1.04 bits per heavy atom. The Morgan fingerprint density at radius 1 is 0.597 bits per heavy atom. The lowest BCUT2D eigenvalue weighted by Crippen LogP contribution is -2.50. The molecular weight excluding hydrogens is 893 g/mol. The van der Waals surface area contributed by atoms with E-state index in [9.17, 15) is 46.1 Å². The van der Waals surface area contributed by atoms with Crippen molar-refractivity contribution < 1.29 is 46.1 Å². The second-order valence-electron chi connectivity index (χ2n) is 18.0. The summed E-state index contributed by atoms with van der Waals surface area (Å²) in [6, 6.07) is 11.7. The molecule has 4 saturated heterocycles. The predicted octanol–water partition coefficient (Wildman–Crippen LogP) is 8.65. The van der Waals surface area contributed by atoms with Gasteiger partial charge in [-0.15, -0.1) is 11.3 Å². The van der Waals surface area contributed by atoms with E-state index in [1.807, 2.05) is 23.7 Å². The molecule has 0 saturated carbocycles. The summed E-state index contributed by atoms with van der Waals surface area (Å²) in [5.41, 5.74) is 1.55. The Morgan fingerprint density at radius 3 is 1.48 bits per heavy atom. The maximum atomic E-state index is 13.4. The van der Waals surface area contributed by atoms with Gasteiger partial charge in [0.2, 0.25) is 11.8 Å². The zero-order chi connectivity index (χ0) is 47.5. The van der Waals surface area contributed by atoms with Crippen LogP contribution in [0.15, 0.2) is 78.3 Å². The van der Waals surface area contributed by atoms with Gasteiger partial charge in [-0.3, -0.25) is 19.4 Å². The standard InChI is InChI=1S/C27H30F4N2O2.C24H29F2N3O2S/c28-22-4-2-19(3-5-22)20-7-11-32(12-8-20)25(17-34)21-9-13-33(14-10-21)26(35)6-1-18-15-23(29)27(31)24(30)16-18;25-20-13-17(14-21(26)15-20)1-2-23(31)29-10-3-18(4-11-29)22(16-30)28-8-5-19(6-9-28)24-27-7-12-32-24/h1-6,15-16,20-21,25,34H,7-14,17H2;1-2,7,12-15,18-19,22,30H,3-6,8-11,16H2/b6-1+;2-1+. The van der Waals surface area contributed by atoms with Gasteiger partial charge in [-0.2, -0.15) is 0 Å². The SMILES string of the molecule is O=C(/C=C/c1cc(F)c(F)c(F)c1)N1CCC(C(CO)N2CCC(c3ccc(F)cc3)CC2)CC1.O=C(/C=C/c1cc(F)cc(F)c1)N1CCC(C(CO)N2CCC(c3nccs3)CC2)CC1. The minimum Gasteiger partial charge on any atom is -0.395 e. The Labute approximate surface area is 392 Å². The third kappa shape index (κ3) is 13.4. The van der Waals surface area contributed by atoms with Crippen LogP contribution in [-0.4, -0.2) is 124 Å². The summed E-state index contributed by atoms with van der Waals surface area (Å²) in [4.78, 5) is 37.7. The topological polar surface area (TPSA) is 100 Å². The number of carbonyl (C=O) groups excluding carboxylic acids is 2. The zero-order valence-electron chi connectivity index (χ0n) is 37.5. The number of likely N-dealkylation sites (tertiary alicyclic amines) is 4. The molecule has 4 fully saturated rings. The van der Waals surface area contributed by atoms with E-state index in [1.165, 1.54) is 53.6 Å². The molecule has 4 aliphatic heterocycles. The number of aliphatic hydroxyl groups excluding tert-OH is 2. The fourth-order valence-corrected chi connectivity index (χ4v) is 11.0. The highest BCUT2D eigenvalue weighted by Crippen LogP contribution is 2.34. The molecule has 4 aromatic rings. The van der Waals surface area contributed by atoms with Crippen LogP contribution in [0.1, 0.15) is 84.9 Å². The van der Waals surface area contributed by atoms with Crippen molar-refractivity contribution in [3.63, 3.8) is 0 Å². The fraction of sp³-hybridized carbons (Fsp3) is 0.471. The second-order valence-corrected chi connectivity index (χ2v) is 19.0. The van der Waals surface area contributed by atoms with Crippen LogP contribution in [0, 0.1) is 46.7 Å². The van der Waals surface area contributed by atoms with Gasteiger partial charge in [-0.05, 0) is 161 Å². The molecule has 0 spiro atoms. The van der Waals surface area contributed by atoms with Gasteiger partial charge in [-0.25, -0.2) is 31.3 Å². The van der Waals surface area contributed by atoms with Gasteiger partial charge in [0.05, 0.1) is 18.2 Å². The first kappa shape index (κ1) is 50.0. The van der Waals surface area contributed by atoms with Crippen LogP contribution < -0.4 is 0 Å². The minimum atomic E-state index is -1.53. The molecule has 0 aliphatic carbocycles. The van der Waals surface area contributed by atoms with Crippen molar-refractivity contribution in [2.75, 3.05) is 65.6 Å². The molecular formula is C51H59F6N5O4S. The number of piperidine rings is 4. The van der Waals surface area contributed by atoms with Crippen LogP contribution in [0.2, 0.25) is 0 Å². The Bertz CT molecular complexity index is 2240. The average Bonchev–Trinajstić information content (AvgIpc) is 3.89. The number of aliphatic hydroxyl groups is 2. The van der Waals surface area contributed by atoms with E-state index in [4.69, 9.17) is 0 Å². The van der Waals surface area contributed by atoms with E-state index in [0.29, 0.717) is 49.5 Å². The van der Waals surface area contributed by atoms with E-state index >= 15 is 0 Å². The molecule has 16 heteroatoms. The molecule has 8 rings (SSSR count). The molecule has 360 valence electrons. The molecule has 3 aromatic carbocycles. The lowest BCUT2D eigenvalue weighted by molar-refractivity contribution is -0.128. The van der Waals surface area contributed by atoms with Gasteiger partial charge in [0.15, 0.2) is 17.5 Å². The maximum absolute atomic E-state index is 13.4. The summed E-state index contributed by atoms with van der Waals surface area (Å²) in [6.07, 6.45) is 14.4. The van der Waals surface area contributed by atoms with E-state index in [0.717, 1.165) is 101 Å². The lowest BCUT2D eigenvalue weighted by atomic mass is 9.85. The highest BCUT2D eigenvalue weighted by molar-refractivity contribution is 7.09. The molecule has 9 nitrogen and oxygen atoms in total. The maximum Gasteiger partial charge on any atom is 0.246 e. The van der Waals surface area contributed by atoms with Crippen LogP contribution in [0.25, 0.3) is 12.2 Å². The lowest BCUT2D eigenvalue weighted by Gasteiger charge is -2.43. The number of rotatable bonds is 12. The average molecular weight is 952 g/mol. The van der Waals surface area contributed by atoms with Crippen molar-refractivity contribution in [3.05, 3.63) is 135 Å². The molecule has 1 aromatic heterocycles. The molecule has 0 bridgehead atoms. The summed E-state index contributed by atoms with van der Waals surface area (Å²) in [5.74, 6) is -4.59. The highest BCUT2D eigenvalue weighted by Gasteiger charge is 2.35. The van der Waals surface area contributed by atoms with Gasteiger partial charge in [0, 0.05) is 74.0 Å². The van der Waals surface area contributed by atoms with Crippen molar-refractivity contribution >= 4 is 35.3 Å². The van der Waals surface area contributed by atoms with Gasteiger partial charge >= 0.3 is 0 Å². The van der Waals surface area contributed by atoms with Gasteiger partial charge < -0.3 is 20.0 Å². The fourth-order valence-electron chi connectivity index (χ4n) is 10.2. The molecule has 5 heterocycles. The van der Waals surface area contributed by atoms with Gasteiger partial charge in [-0.1, -0.05) is 12.1 Å². The second kappa shape index (κ2) is 23.9. The van der Waals surface area contributed by atoms with Crippen LogP contribution in [-0.2, 0) is 9.59 Å². The number of hydrogen-bond acceptors (Lipinski definition) is 8. The van der Waals surface area contributed by atoms with Crippen LogP contribution in [0.4, 0.5) is 26.3 Å². The smallest absolute Gasteiger partial charge is 0.246 e. The van der Waals surface area contributed by atoms with Gasteiger partial charge in [0.25, 0.3) is 0 Å². The quantitative estimate of drug-likeness (QED) is 0.0834. The highest BCUT2D eigenvalue weighted by atomic mass is 32.1. The summed E-state index contributed by atoms with van der Waals surface area (Å²) >= 11 is 1.72. The summed E-state index contributed by atoms with van der Waals surface area (Å²) < 4.78 is 79.7. The molecule has 67 heavy (non-hydrogen) atoms. The van der Waals surface area contributed by atoms with Crippen molar-refractivity contribution in [3.8, 4) is 0 Å². The van der Waals surface area contributed by atoms with E-state index < -0.39 is 29.1 Å². The molecule has 2 N–H and O–H groups in total. The number of carbonyl (C=O) groups is 2. The first-order valence-corrected chi connectivity index (χ1v) is 24.2. The number of hydrogen-bond donors (Lipinski definition) is 2. The Balaban J connectivity index is 0.000000200. The normalized spacial score (nSPS) is 19.8. The summed E-state index contributed by atoms with van der Waals surface area (Å²) in [7, 11) is 0. The first-order chi connectivity index (χ1) is 32.4. The number of thiazole rings is 1. The Hall–Kier alpha value is -4.87. The number of amides is 2. The van der Waals surface area contributed by atoms with E-state index in [-0.39, 0.29) is 54.4 Å². The third-order valence-corrected chi connectivity index (χ3v) is 15.0. The third-order valence-electron chi connectivity index (χ3n) is 14.0. The van der Waals surface area contributed by atoms with Crippen LogP contribution in [0.3, 0.4) is 0 Å². The van der Waals surface area contributed by atoms with Crippen molar-refractivity contribution in [2.24, 2.45) is 11.8 Å². The predicted molar refractivity (Wildman–Crippen MR) is 247 cm³/mol. The zero-order valence-corrected chi connectivity index (χ0v) is 38.3. The molecule has 2 amide bonds. The largest absolute Gasteiger partial charge is 0.395 e. The minimum absolute atomic E-state index is 0.0297. The monoisotopic (exact) mass is 951 g/mol. The molecule has 4 aliphatic rings. The Kier molecular flexibility index (Phi) is 17.9. The number of nitrogens with zero attached hydrogens (tertiary/aromatic N) is 5. The van der Waals surface area contributed by atoms with Crippen molar-refractivity contribution in [1.82, 2.24) is 24.6 Å². The number of aromatic nitrogens is 1. The summed E-state index contributed by atoms with van der Waals surface area (Å²) in [5, 5.41) is 23.5. The van der Waals surface area contributed by atoms with Crippen LogP contribution in [0.5, 0.6) is 0 Å². The van der Waals surface area contributed by atoms with Crippen molar-refractivity contribution in [2.45, 2.75) is 75.3 Å².